The number of carbonyl (C=O) groups is 1. The number of hydrogen-bond donors (Lipinski definition) is 3. The van der Waals surface area contributed by atoms with Crippen molar-refractivity contribution < 1.29 is 4.79 Å². The summed E-state index contributed by atoms with van der Waals surface area (Å²) < 4.78 is 0. The monoisotopic (exact) mass is 261 g/mol. The molecule has 4 nitrogen and oxygen atoms in total. The van der Waals surface area contributed by atoms with Crippen LogP contribution in [0.4, 0.5) is 0 Å². The third kappa shape index (κ3) is 5.24. The zero-order valence-corrected chi connectivity index (χ0v) is 11.4. The van der Waals surface area contributed by atoms with Crippen LogP contribution in [0.15, 0.2) is 36.0 Å². The molecule has 1 aromatic carbocycles. The van der Waals surface area contributed by atoms with Crippen molar-refractivity contribution in [3.05, 3.63) is 47.2 Å². The van der Waals surface area contributed by atoms with Gasteiger partial charge >= 0.3 is 0 Å². The minimum absolute atomic E-state index is 0.132. The smallest absolute Gasteiger partial charge is 0.139 e. The normalized spacial score (nSPS) is 13.1. The maximum atomic E-state index is 10.4. The molecule has 0 fully saturated rings. The molecule has 0 bridgehead atoms. The van der Waals surface area contributed by atoms with E-state index in [1.165, 1.54) is 0 Å². The predicted molar refractivity (Wildman–Crippen MR) is 78.5 cm³/mol. The lowest BCUT2D eigenvalue weighted by molar-refractivity contribution is -0.107. The summed E-state index contributed by atoms with van der Waals surface area (Å²) in [5, 5.41) is 3.06. The summed E-state index contributed by atoms with van der Waals surface area (Å²) in [7, 11) is 0. The van der Waals surface area contributed by atoms with Gasteiger partial charge in [-0.3, -0.25) is 0 Å². The first kappa shape index (κ1) is 15.4. The van der Waals surface area contributed by atoms with Gasteiger partial charge in [0.25, 0.3) is 0 Å². The molecule has 1 unspecified atom stereocenters. The maximum Gasteiger partial charge on any atom is 0.139 e. The van der Waals surface area contributed by atoms with Crippen molar-refractivity contribution in [3.8, 4) is 0 Å². The van der Waals surface area contributed by atoms with Crippen LogP contribution in [0.1, 0.15) is 24.5 Å². The van der Waals surface area contributed by atoms with Crippen LogP contribution in [0.3, 0.4) is 0 Å². The highest BCUT2D eigenvalue weighted by molar-refractivity contribution is 5.52. The molecule has 1 rings (SSSR count). The fourth-order valence-corrected chi connectivity index (χ4v) is 1.98. The maximum absolute atomic E-state index is 10.4. The highest BCUT2D eigenvalue weighted by atomic mass is 16.1. The number of nitrogens with two attached hydrogens (primary N) is 2. The standard InChI is InChI=1S/C15H23N3O/c1-2-4-15(18-7-8-19)14(17)10-12-5-3-6-13(9-12)11-16/h3-6,8-9,14,18H,2,7,10-11,16-17H2,1H3/b15-4+. The van der Waals surface area contributed by atoms with Gasteiger partial charge in [0, 0.05) is 18.3 Å². The van der Waals surface area contributed by atoms with Crippen LogP contribution in [0.25, 0.3) is 0 Å². The van der Waals surface area contributed by atoms with Crippen molar-refractivity contribution in [2.75, 3.05) is 6.54 Å². The van der Waals surface area contributed by atoms with Gasteiger partial charge in [0.05, 0.1) is 6.54 Å². The topological polar surface area (TPSA) is 81.1 Å². The molecule has 0 aliphatic heterocycles. The Morgan fingerprint density at radius 2 is 2.16 bits per heavy atom. The molecule has 0 heterocycles. The van der Waals surface area contributed by atoms with Gasteiger partial charge in [-0.1, -0.05) is 37.3 Å². The summed E-state index contributed by atoms with van der Waals surface area (Å²) in [6, 6.07) is 7.98. The quantitative estimate of drug-likeness (QED) is 0.612. The zero-order valence-electron chi connectivity index (χ0n) is 11.4. The minimum Gasteiger partial charge on any atom is -0.381 e. The minimum atomic E-state index is -0.132. The van der Waals surface area contributed by atoms with Gasteiger partial charge in [-0.2, -0.15) is 0 Å². The molecule has 0 aliphatic carbocycles. The molecule has 0 radical (unpaired) electrons. The molecule has 0 aromatic heterocycles. The number of aldehydes is 1. The van der Waals surface area contributed by atoms with E-state index < -0.39 is 0 Å². The molecular weight excluding hydrogens is 238 g/mol. The Labute approximate surface area is 114 Å². The van der Waals surface area contributed by atoms with Gasteiger partial charge < -0.3 is 21.6 Å². The number of hydrogen-bond acceptors (Lipinski definition) is 4. The second-order valence-corrected chi connectivity index (χ2v) is 4.45. The molecule has 19 heavy (non-hydrogen) atoms. The van der Waals surface area contributed by atoms with Gasteiger partial charge in [-0.05, 0) is 24.0 Å². The van der Waals surface area contributed by atoms with E-state index in [1.54, 1.807) is 0 Å². The summed E-state index contributed by atoms with van der Waals surface area (Å²) in [6.45, 7) is 2.87. The summed E-state index contributed by atoms with van der Waals surface area (Å²) in [5.74, 6) is 0. The van der Waals surface area contributed by atoms with E-state index in [-0.39, 0.29) is 6.04 Å². The average molecular weight is 261 g/mol. The van der Waals surface area contributed by atoms with Crippen molar-refractivity contribution in [2.24, 2.45) is 11.5 Å². The third-order valence-electron chi connectivity index (χ3n) is 2.90. The summed E-state index contributed by atoms with van der Waals surface area (Å²) >= 11 is 0. The van der Waals surface area contributed by atoms with Crippen molar-refractivity contribution in [1.29, 1.82) is 0 Å². The number of benzene rings is 1. The molecule has 4 heteroatoms. The van der Waals surface area contributed by atoms with Crippen LogP contribution < -0.4 is 16.8 Å². The van der Waals surface area contributed by atoms with Crippen molar-refractivity contribution in [2.45, 2.75) is 32.4 Å². The van der Waals surface area contributed by atoms with E-state index >= 15 is 0 Å². The third-order valence-corrected chi connectivity index (χ3v) is 2.90. The largest absolute Gasteiger partial charge is 0.381 e. The van der Waals surface area contributed by atoms with Crippen LogP contribution in [-0.2, 0) is 17.8 Å². The molecular formula is C15H23N3O. The van der Waals surface area contributed by atoms with Gasteiger partial charge in [0.15, 0.2) is 0 Å². The second-order valence-electron chi connectivity index (χ2n) is 4.45. The van der Waals surface area contributed by atoms with Gasteiger partial charge in [0.2, 0.25) is 0 Å². The lowest BCUT2D eigenvalue weighted by Gasteiger charge is -2.17. The Hall–Kier alpha value is -1.65. The van der Waals surface area contributed by atoms with E-state index in [1.807, 2.05) is 31.2 Å². The average Bonchev–Trinajstić information content (AvgIpc) is 2.43. The SMILES string of the molecule is CC/C=C(/NCC=O)C(N)Cc1cccc(CN)c1. The Morgan fingerprint density at radius 3 is 2.79 bits per heavy atom. The highest BCUT2D eigenvalue weighted by Crippen LogP contribution is 2.10. The lowest BCUT2D eigenvalue weighted by Crippen LogP contribution is -2.34. The van der Waals surface area contributed by atoms with Crippen molar-refractivity contribution in [3.63, 3.8) is 0 Å². The Bertz CT molecular complexity index is 429. The van der Waals surface area contributed by atoms with E-state index in [2.05, 4.69) is 11.4 Å². The fraction of sp³-hybridized carbons (Fsp3) is 0.400. The zero-order chi connectivity index (χ0) is 14.1. The molecule has 5 N–H and O–H groups in total. The molecule has 1 aromatic rings. The Morgan fingerprint density at radius 1 is 1.42 bits per heavy atom. The summed E-state index contributed by atoms with van der Waals surface area (Å²) in [6.07, 6.45) is 4.48. The van der Waals surface area contributed by atoms with Crippen molar-refractivity contribution in [1.82, 2.24) is 5.32 Å². The van der Waals surface area contributed by atoms with E-state index in [9.17, 15) is 4.79 Å². The Balaban J connectivity index is 2.71. The fourth-order valence-electron chi connectivity index (χ4n) is 1.98. The summed E-state index contributed by atoms with van der Waals surface area (Å²) in [5.41, 5.74) is 15.0. The van der Waals surface area contributed by atoms with E-state index in [0.29, 0.717) is 13.1 Å². The molecule has 0 spiro atoms. The number of rotatable bonds is 8. The number of nitrogens with one attached hydrogen (secondary N) is 1. The molecule has 1 atom stereocenters. The molecule has 104 valence electrons. The van der Waals surface area contributed by atoms with Crippen LogP contribution in [0.5, 0.6) is 0 Å². The van der Waals surface area contributed by atoms with Gasteiger partial charge in [-0.25, -0.2) is 0 Å². The predicted octanol–water partition coefficient (Wildman–Crippen LogP) is 1.10. The molecule has 0 aliphatic rings. The second kappa shape index (κ2) is 8.45. The molecule has 0 amide bonds. The first-order valence-corrected chi connectivity index (χ1v) is 6.62. The Kier molecular flexibility index (Phi) is 6.85. The van der Waals surface area contributed by atoms with Gasteiger partial charge in [0.1, 0.15) is 6.29 Å². The van der Waals surface area contributed by atoms with Gasteiger partial charge in [-0.15, -0.1) is 0 Å². The lowest BCUT2D eigenvalue weighted by atomic mass is 10.0. The highest BCUT2D eigenvalue weighted by Gasteiger charge is 2.09. The number of allylic oxidation sites excluding steroid dienone is 1. The van der Waals surface area contributed by atoms with Crippen LogP contribution >= 0.6 is 0 Å². The molecule has 0 saturated heterocycles. The van der Waals surface area contributed by atoms with Crippen LogP contribution in [0, 0.1) is 0 Å². The first-order valence-electron chi connectivity index (χ1n) is 6.62. The van der Waals surface area contributed by atoms with Crippen LogP contribution in [0.2, 0.25) is 0 Å². The summed E-state index contributed by atoms with van der Waals surface area (Å²) in [4.78, 5) is 10.4. The van der Waals surface area contributed by atoms with E-state index in [4.69, 9.17) is 11.5 Å². The van der Waals surface area contributed by atoms with Crippen LogP contribution in [-0.4, -0.2) is 18.9 Å². The van der Waals surface area contributed by atoms with Crippen molar-refractivity contribution >= 4 is 6.29 Å². The first-order chi connectivity index (χ1) is 9.21. The van der Waals surface area contributed by atoms with E-state index in [0.717, 1.165) is 36.0 Å². The molecule has 0 saturated carbocycles. The number of carbonyl (C=O) groups excluding carboxylic acids is 1.